The molecule has 0 spiro atoms. The third kappa shape index (κ3) is 6.36. The van der Waals surface area contributed by atoms with Crippen LogP contribution in [0.3, 0.4) is 0 Å². The SMILES string of the molecule is CCCCCN1CCO[C@@H](CNC(=O)CCC)C1.[HH]. The highest BCUT2D eigenvalue weighted by molar-refractivity contribution is 5.75. The van der Waals surface area contributed by atoms with Crippen LogP contribution in [-0.4, -0.2) is 49.7 Å². The number of carbonyl (C=O) groups excluding carboxylic acids is 1. The standard InChI is InChI=1S/C14H28N2O2.H2/c1-3-5-6-8-16-9-10-18-13(12-16)11-15-14(17)7-4-2;/h13H,3-12H2,1-2H3,(H,15,17);1H/t13-;/m0./s1. The van der Waals surface area contributed by atoms with Crippen LogP contribution in [-0.2, 0) is 9.53 Å². The molecular weight excluding hydrogens is 228 g/mol. The molecule has 4 heteroatoms. The van der Waals surface area contributed by atoms with Crippen LogP contribution < -0.4 is 5.32 Å². The number of nitrogens with one attached hydrogen (secondary N) is 1. The van der Waals surface area contributed by atoms with Crippen molar-refractivity contribution >= 4 is 5.91 Å². The Bertz CT molecular complexity index is 239. The molecule has 4 nitrogen and oxygen atoms in total. The molecule has 0 aliphatic carbocycles. The van der Waals surface area contributed by atoms with E-state index in [4.69, 9.17) is 4.74 Å². The van der Waals surface area contributed by atoms with Crippen LogP contribution in [0.2, 0.25) is 0 Å². The van der Waals surface area contributed by atoms with Crippen LogP contribution in [0.15, 0.2) is 0 Å². The van der Waals surface area contributed by atoms with Gasteiger partial charge in [-0.05, 0) is 19.4 Å². The maximum atomic E-state index is 11.4. The zero-order chi connectivity index (χ0) is 13.2. The topological polar surface area (TPSA) is 41.6 Å². The predicted molar refractivity (Wildman–Crippen MR) is 75.7 cm³/mol. The van der Waals surface area contributed by atoms with E-state index in [1.807, 2.05) is 6.92 Å². The van der Waals surface area contributed by atoms with E-state index in [1.165, 1.54) is 19.3 Å². The monoisotopic (exact) mass is 258 g/mol. The fraction of sp³-hybridized carbons (Fsp3) is 0.929. The van der Waals surface area contributed by atoms with E-state index in [0.717, 1.165) is 32.7 Å². The van der Waals surface area contributed by atoms with Crippen molar-refractivity contribution in [2.24, 2.45) is 0 Å². The third-order valence-corrected chi connectivity index (χ3v) is 3.30. The number of ether oxygens (including phenoxy) is 1. The molecule has 1 rings (SSSR count). The molecule has 0 radical (unpaired) electrons. The summed E-state index contributed by atoms with van der Waals surface area (Å²) in [6.07, 6.45) is 5.52. The summed E-state index contributed by atoms with van der Waals surface area (Å²) in [4.78, 5) is 13.9. The first kappa shape index (κ1) is 15.4. The van der Waals surface area contributed by atoms with Crippen molar-refractivity contribution in [3.63, 3.8) is 0 Å². The molecule has 0 aromatic rings. The van der Waals surface area contributed by atoms with Gasteiger partial charge in [0.1, 0.15) is 0 Å². The van der Waals surface area contributed by atoms with Gasteiger partial charge >= 0.3 is 0 Å². The van der Waals surface area contributed by atoms with Gasteiger partial charge < -0.3 is 10.1 Å². The minimum Gasteiger partial charge on any atom is -0.374 e. The van der Waals surface area contributed by atoms with Gasteiger partial charge in [0.15, 0.2) is 0 Å². The van der Waals surface area contributed by atoms with Crippen LogP contribution in [0.4, 0.5) is 0 Å². The van der Waals surface area contributed by atoms with Crippen LogP contribution in [0.25, 0.3) is 0 Å². The van der Waals surface area contributed by atoms with Crippen molar-refractivity contribution in [3.05, 3.63) is 0 Å². The van der Waals surface area contributed by atoms with Crippen molar-refractivity contribution in [1.82, 2.24) is 10.2 Å². The molecule has 1 atom stereocenters. The Labute approximate surface area is 113 Å². The van der Waals surface area contributed by atoms with Gasteiger partial charge in [-0.15, -0.1) is 0 Å². The number of rotatable bonds is 8. The first-order valence-electron chi connectivity index (χ1n) is 7.37. The lowest BCUT2D eigenvalue weighted by Gasteiger charge is -2.33. The number of hydrogen-bond donors (Lipinski definition) is 1. The van der Waals surface area contributed by atoms with Crippen LogP contribution >= 0.6 is 0 Å². The molecular formula is C14H30N2O2. The number of carbonyl (C=O) groups is 1. The number of unbranched alkanes of at least 4 members (excludes halogenated alkanes) is 2. The minimum absolute atomic E-state index is 0. The quantitative estimate of drug-likeness (QED) is 0.677. The lowest BCUT2D eigenvalue weighted by molar-refractivity contribution is -0.122. The third-order valence-electron chi connectivity index (χ3n) is 3.30. The first-order valence-corrected chi connectivity index (χ1v) is 7.37. The molecule has 1 aliphatic heterocycles. The van der Waals surface area contributed by atoms with E-state index in [1.54, 1.807) is 0 Å². The van der Waals surface area contributed by atoms with E-state index >= 15 is 0 Å². The van der Waals surface area contributed by atoms with E-state index in [-0.39, 0.29) is 13.4 Å². The molecule has 0 saturated carbocycles. The number of nitrogens with zero attached hydrogens (tertiary/aromatic N) is 1. The Morgan fingerprint density at radius 3 is 2.94 bits per heavy atom. The summed E-state index contributed by atoms with van der Waals surface area (Å²) in [6, 6.07) is 0. The zero-order valence-corrected chi connectivity index (χ0v) is 11.9. The Morgan fingerprint density at radius 1 is 1.39 bits per heavy atom. The molecule has 1 saturated heterocycles. The summed E-state index contributed by atoms with van der Waals surface area (Å²) < 4.78 is 5.69. The fourth-order valence-electron chi connectivity index (χ4n) is 2.24. The van der Waals surface area contributed by atoms with Gasteiger partial charge in [-0.2, -0.15) is 0 Å². The summed E-state index contributed by atoms with van der Waals surface area (Å²) in [6.45, 7) is 8.84. The molecule has 1 N–H and O–H groups in total. The fourth-order valence-corrected chi connectivity index (χ4v) is 2.24. The second kappa shape index (κ2) is 9.34. The normalized spacial score (nSPS) is 20.9. The van der Waals surface area contributed by atoms with Crippen molar-refractivity contribution < 1.29 is 11.0 Å². The molecule has 1 aliphatic rings. The molecule has 0 bridgehead atoms. The van der Waals surface area contributed by atoms with Crippen molar-refractivity contribution in [3.8, 4) is 0 Å². The number of hydrogen-bond acceptors (Lipinski definition) is 3. The van der Waals surface area contributed by atoms with Gasteiger partial charge in [-0.1, -0.05) is 26.7 Å². The molecule has 1 fully saturated rings. The lowest BCUT2D eigenvalue weighted by Crippen LogP contribution is -2.47. The highest BCUT2D eigenvalue weighted by Gasteiger charge is 2.20. The molecule has 0 aromatic carbocycles. The van der Waals surface area contributed by atoms with Crippen molar-refractivity contribution in [1.29, 1.82) is 0 Å². The van der Waals surface area contributed by atoms with Crippen LogP contribution in [0.5, 0.6) is 0 Å². The summed E-state index contributed by atoms with van der Waals surface area (Å²) in [5.74, 6) is 0.143. The van der Waals surface area contributed by atoms with E-state index in [9.17, 15) is 4.79 Å². The second-order valence-corrected chi connectivity index (χ2v) is 5.05. The first-order chi connectivity index (χ1) is 8.76. The summed E-state index contributed by atoms with van der Waals surface area (Å²) in [5.41, 5.74) is 0. The van der Waals surface area contributed by atoms with Crippen molar-refractivity contribution in [2.75, 3.05) is 32.8 Å². The van der Waals surface area contributed by atoms with Gasteiger partial charge in [0, 0.05) is 27.5 Å². The van der Waals surface area contributed by atoms with Crippen LogP contribution in [0, 0.1) is 0 Å². The van der Waals surface area contributed by atoms with Gasteiger partial charge in [0.05, 0.1) is 12.7 Å². The van der Waals surface area contributed by atoms with Gasteiger partial charge in [-0.25, -0.2) is 0 Å². The van der Waals surface area contributed by atoms with Crippen molar-refractivity contribution in [2.45, 2.75) is 52.1 Å². The Morgan fingerprint density at radius 2 is 2.22 bits per heavy atom. The van der Waals surface area contributed by atoms with E-state index in [2.05, 4.69) is 17.1 Å². The zero-order valence-electron chi connectivity index (χ0n) is 11.9. The average molecular weight is 258 g/mol. The molecule has 18 heavy (non-hydrogen) atoms. The van der Waals surface area contributed by atoms with Gasteiger partial charge in [0.2, 0.25) is 5.91 Å². The lowest BCUT2D eigenvalue weighted by atomic mass is 10.2. The van der Waals surface area contributed by atoms with Crippen LogP contribution in [0.1, 0.15) is 47.4 Å². The Kier molecular flexibility index (Phi) is 8.01. The molecule has 0 unspecified atom stereocenters. The Balaban J connectivity index is 0.00000324. The summed E-state index contributed by atoms with van der Waals surface area (Å²) in [5, 5.41) is 2.95. The number of morpholine rings is 1. The highest BCUT2D eigenvalue weighted by atomic mass is 16.5. The molecule has 0 aromatic heterocycles. The summed E-state index contributed by atoms with van der Waals surface area (Å²) in [7, 11) is 0. The maximum Gasteiger partial charge on any atom is 0.220 e. The van der Waals surface area contributed by atoms with E-state index in [0.29, 0.717) is 13.0 Å². The molecule has 1 amide bonds. The van der Waals surface area contributed by atoms with Gasteiger partial charge in [0.25, 0.3) is 0 Å². The molecule has 1 heterocycles. The predicted octanol–water partition coefficient (Wildman–Crippen LogP) is 2.04. The summed E-state index contributed by atoms with van der Waals surface area (Å²) >= 11 is 0. The highest BCUT2D eigenvalue weighted by Crippen LogP contribution is 2.06. The van der Waals surface area contributed by atoms with E-state index < -0.39 is 0 Å². The average Bonchev–Trinajstić information content (AvgIpc) is 2.38. The van der Waals surface area contributed by atoms with Gasteiger partial charge in [-0.3, -0.25) is 9.69 Å². The minimum atomic E-state index is 0. The molecule has 108 valence electrons. The second-order valence-electron chi connectivity index (χ2n) is 5.05. The Hall–Kier alpha value is -0.610. The largest absolute Gasteiger partial charge is 0.374 e. The maximum absolute atomic E-state index is 11.4. The smallest absolute Gasteiger partial charge is 0.220 e. The number of amides is 1.